The maximum atomic E-state index is 11.4. The Hall–Kier alpha value is -0.680. The second kappa shape index (κ2) is 6.24. The lowest BCUT2D eigenvalue weighted by molar-refractivity contribution is -0.127. The molecule has 1 aliphatic heterocycles. The monoisotopic (exact) mass is 336 g/mol. The highest BCUT2D eigenvalue weighted by molar-refractivity contribution is 5.20. The summed E-state index contributed by atoms with van der Waals surface area (Å²) in [6, 6.07) is 0. The molecule has 4 nitrogen and oxygen atoms in total. The van der Waals surface area contributed by atoms with Crippen LogP contribution >= 0.6 is 0 Å². The fourth-order valence-electron chi connectivity index (χ4n) is 5.27. The van der Waals surface area contributed by atoms with Crippen molar-refractivity contribution in [2.45, 2.75) is 70.2 Å². The van der Waals surface area contributed by atoms with Gasteiger partial charge in [0.2, 0.25) is 0 Å². The molecule has 2 aliphatic carbocycles. The van der Waals surface area contributed by atoms with Gasteiger partial charge in [0.05, 0.1) is 24.9 Å². The van der Waals surface area contributed by atoms with Gasteiger partial charge in [-0.2, -0.15) is 0 Å². The predicted octanol–water partition coefficient (Wildman–Crippen LogP) is 2.58. The highest BCUT2D eigenvalue weighted by Gasteiger charge is 2.61. The van der Waals surface area contributed by atoms with Crippen LogP contribution in [0, 0.1) is 17.3 Å². The van der Waals surface area contributed by atoms with Crippen LogP contribution < -0.4 is 0 Å². The van der Waals surface area contributed by atoms with Gasteiger partial charge in [-0.1, -0.05) is 30.7 Å². The summed E-state index contributed by atoms with van der Waals surface area (Å²) in [5.41, 5.74) is -0.552. The first-order chi connectivity index (χ1) is 11.2. The molecule has 1 heterocycles. The number of aliphatic hydroxyl groups excluding tert-OH is 2. The van der Waals surface area contributed by atoms with E-state index in [4.69, 9.17) is 4.74 Å². The summed E-state index contributed by atoms with van der Waals surface area (Å²) in [7, 11) is 0. The van der Waals surface area contributed by atoms with E-state index in [1.54, 1.807) is 0 Å². The average molecular weight is 336 g/mol. The number of hydrogen-bond donors (Lipinski definition) is 3. The Labute approximate surface area is 145 Å². The molecular formula is C20H32O4. The van der Waals surface area contributed by atoms with Gasteiger partial charge in [-0.25, -0.2) is 0 Å². The molecule has 0 amide bonds. The maximum Gasteiger partial charge on any atom is 0.113 e. The smallest absolute Gasteiger partial charge is 0.113 e. The predicted molar refractivity (Wildman–Crippen MR) is 93.5 cm³/mol. The fraction of sp³-hybridized carbons (Fsp3) is 0.800. The highest BCUT2D eigenvalue weighted by atomic mass is 16.5. The molecular weight excluding hydrogens is 304 g/mol. The Morgan fingerprint density at radius 2 is 1.96 bits per heavy atom. The summed E-state index contributed by atoms with van der Waals surface area (Å²) >= 11 is 0. The van der Waals surface area contributed by atoms with Gasteiger partial charge in [0.15, 0.2) is 0 Å². The SMILES string of the molecule is CC(C)=CC=CC1(CO)OCC2C1CCC1(C)CC2(O)CCC1O. The fourth-order valence-corrected chi connectivity index (χ4v) is 5.27. The van der Waals surface area contributed by atoms with Crippen LogP contribution in [0.1, 0.15) is 52.9 Å². The number of fused-ring (bicyclic) bond motifs is 4. The third-order valence-electron chi connectivity index (χ3n) is 6.78. The third-order valence-corrected chi connectivity index (χ3v) is 6.78. The maximum absolute atomic E-state index is 11.4. The van der Waals surface area contributed by atoms with Crippen molar-refractivity contribution in [3.8, 4) is 0 Å². The van der Waals surface area contributed by atoms with Gasteiger partial charge in [0.1, 0.15) is 5.60 Å². The Morgan fingerprint density at radius 3 is 2.62 bits per heavy atom. The van der Waals surface area contributed by atoms with E-state index >= 15 is 0 Å². The van der Waals surface area contributed by atoms with Crippen molar-refractivity contribution < 1.29 is 20.1 Å². The molecule has 3 aliphatic rings. The van der Waals surface area contributed by atoms with E-state index in [9.17, 15) is 15.3 Å². The molecule has 6 atom stereocenters. The van der Waals surface area contributed by atoms with Gasteiger partial charge < -0.3 is 20.1 Å². The minimum atomic E-state index is -0.795. The standard InChI is InChI=1S/C20H32O4/c1-14(2)5-4-8-20(13-21)15-6-9-18(3)12-19(23,10-7-17(18)22)16(15)11-24-20/h4-5,8,15-17,21-23H,6-7,9-13H2,1-3H3. The van der Waals surface area contributed by atoms with E-state index < -0.39 is 11.2 Å². The molecule has 0 aromatic rings. The van der Waals surface area contributed by atoms with Gasteiger partial charge in [-0.15, -0.1) is 0 Å². The van der Waals surface area contributed by atoms with Crippen molar-refractivity contribution in [3.63, 3.8) is 0 Å². The number of allylic oxidation sites excluding steroid dienone is 3. The van der Waals surface area contributed by atoms with E-state index in [-0.39, 0.29) is 30.0 Å². The summed E-state index contributed by atoms with van der Waals surface area (Å²) in [4.78, 5) is 0. The van der Waals surface area contributed by atoms with Crippen molar-refractivity contribution in [1.29, 1.82) is 0 Å². The van der Waals surface area contributed by atoms with Crippen molar-refractivity contribution in [1.82, 2.24) is 0 Å². The lowest BCUT2D eigenvalue weighted by Crippen LogP contribution is -2.51. The van der Waals surface area contributed by atoms with Gasteiger partial charge in [0.25, 0.3) is 0 Å². The van der Waals surface area contributed by atoms with Crippen LogP contribution in [-0.2, 0) is 4.74 Å². The van der Waals surface area contributed by atoms with Crippen molar-refractivity contribution in [3.05, 3.63) is 23.8 Å². The minimum Gasteiger partial charge on any atom is -0.393 e. The molecule has 3 rings (SSSR count). The number of rotatable bonds is 3. The number of hydrogen-bond acceptors (Lipinski definition) is 4. The molecule has 0 radical (unpaired) electrons. The molecule has 1 saturated heterocycles. The highest BCUT2D eigenvalue weighted by Crippen LogP contribution is 2.57. The van der Waals surface area contributed by atoms with Crippen LogP contribution in [0.2, 0.25) is 0 Å². The number of aliphatic hydroxyl groups is 3. The van der Waals surface area contributed by atoms with Crippen LogP contribution in [0.25, 0.3) is 0 Å². The summed E-state index contributed by atoms with van der Waals surface area (Å²) < 4.78 is 6.10. The zero-order valence-electron chi connectivity index (χ0n) is 15.2. The van der Waals surface area contributed by atoms with Crippen molar-refractivity contribution in [2.75, 3.05) is 13.2 Å². The lowest BCUT2D eigenvalue weighted by atomic mass is 9.63. The molecule has 2 saturated carbocycles. The lowest BCUT2D eigenvalue weighted by Gasteiger charge is -2.47. The molecule has 0 aromatic carbocycles. The van der Waals surface area contributed by atoms with E-state index in [1.165, 1.54) is 5.57 Å². The zero-order chi connectivity index (χ0) is 17.6. The van der Waals surface area contributed by atoms with E-state index in [0.29, 0.717) is 25.9 Å². The Balaban J connectivity index is 1.93. The largest absolute Gasteiger partial charge is 0.393 e. The quantitative estimate of drug-likeness (QED) is 0.693. The van der Waals surface area contributed by atoms with Crippen LogP contribution in [0.3, 0.4) is 0 Å². The van der Waals surface area contributed by atoms with Gasteiger partial charge in [-0.3, -0.25) is 0 Å². The molecule has 2 bridgehead atoms. The topological polar surface area (TPSA) is 69.9 Å². The van der Waals surface area contributed by atoms with Crippen LogP contribution in [0.4, 0.5) is 0 Å². The van der Waals surface area contributed by atoms with Crippen LogP contribution in [-0.4, -0.2) is 45.8 Å². The van der Waals surface area contributed by atoms with Gasteiger partial charge >= 0.3 is 0 Å². The van der Waals surface area contributed by atoms with Crippen molar-refractivity contribution >= 4 is 0 Å². The first-order valence-corrected chi connectivity index (χ1v) is 9.23. The molecule has 3 fully saturated rings. The molecule has 6 unspecified atom stereocenters. The first kappa shape index (κ1) is 18.1. The Kier molecular flexibility index (Phi) is 4.71. The summed E-state index contributed by atoms with van der Waals surface area (Å²) in [5.74, 6) is 0.108. The second-order valence-corrected chi connectivity index (χ2v) is 8.77. The van der Waals surface area contributed by atoms with E-state index in [1.807, 2.05) is 32.1 Å². The average Bonchev–Trinajstić information content (AvgIpc) is 2.84. The third kappa shape index (κ3) is 2.88. The zero-order valence-corrected chi connectivity index (χ0v) is 15.2. The second-order valence-electron chi connectivity index (χ2n) is 8.77. The first-order valence-electron chi connectivity index (χ1n) is 9.23. The Morgan fingerprint density at radius 1 is 1.21 bits per heavy atom. The summed E-state index contributed by atoms with van der Waals surface area (Å²) in [6.45, 7) is 6.58. The normalized spacial score (nSPS) is 48.2. The number of ether oxygens (including phenoxy) is 1. The van der Waals surface area contributed by atoms with Crippen molar-refractivity contribution in [2.24, 2.45) is 17.3 Å². The van der Waals surface area contributed by atoms with E-state index in [0.717, 1.165) is 12.8 Å². The Bertz CT molecular complexity index is 538. The van der Waals surface area contributed by atoms with Crippen LogP contribution in [0.15, 0.2) is 23.8 Å². The molecule has 4 heteroatoms. The van der Waals surface area contributed by atoms with Gasteiger partial charge in [-0.05, 0) is 51.4 Å². The molecule has 0 aromatic heterocycles. The summed E-state index contributed by atoms with van der Waals surface area (Å²) in [6.07, 6.45) is 9.23. The molecule has 24 heavy (non-hydrogen) atoms. The molecule has 3 N–H and O–H groups in total. The molecule has 136 valence electrons. The van der Waals surface area contributed by atoms with Crippen LogP contribution in [0.5, 0.6) is 0 Å². The van der Waals surface area contributed by atoms with Gasteiger partial charge in [0, 0.05) is 11.8 Å². The molecule has 0 spiro atoms. The summed E-state index contributed by atoms with van der Waals surface area (Å²) in [5, 5.41) is 32.0. The van der Waals surface area contributed by atoms with E-state index in [2.05, 4.69) is 6.92 Å². The minimum absolute atomic E-state index is 0.0235.